The van der Waals surface area contributed by atoms with E-state index < -0.39 is 33.4 Å². The summed E-state index contributed by atoms with van der Waals surface area (Å²) >= 11 is 5.85. The molecule has 1 N–H and O–H groups in total. The van der Waals surface area contributed by atoms with Gasteiger partial charge >= 0.3 is 5.97 Å². The van der Waals surface area contributed by atoms with Crippen LogP contribution in [0.25, 0.3) is 0 Å². The molecule has 0 aromatic heterocycles. The Morgan fingerprint density at radius 3 is 2.44 bits per heavy atom. The SMILES string of the molecule is COC(=O)c1ccc(CS(=O)(=O)NCCN2CCN(c3ccc(F)c(Cl)c3)CC2)c(F)c1. The monoisotopic (exact) mass is 487 g/mol. The lowest BCUT2D eigenvalue weighted by atomic mass is 10.1. The number of rotatable bonds is 8. The van der Waals surface area contributed by atoms with Gasteiger partial charge in [0.1, 0.15) is 11.6 Å². The highest BCUT2D eigenvalue weighted by molar-refractivity contribution is 7.88. The smallest absolute Gasteiger partial charge is 0.337 e. The number of sulfonamides is 1. The zero-order valence-electron chi connectivity index (χ0n) is 17.5. The molecular weight excluding hydrogens is 464 g/mol. The minimum Gasteiger partial charge on any atom is -0.465 e. The molecule has 0 saturated carbocycles. The molecule has 0 aliphatic carbocycles. The van der Waals surface area contributed by atoms with Crippen LogP contribution in [-0.4, -0.2) is 65.7 Å². The van der Waals surface area contributed by atoms with E-state index in [2.05, 4.69) is 19.3 Å². The van der Waals surface area contributed by atoms with E-state index in [1.165, 1.54) is 25.3 Å². The molecule has 0 bridgehead atoms. The Bertz CT molecular complexity index is 1080. The average molecular weight is 488 g/mol. The van der Waals surface area contributed by atoms with Crippen LogP contribution in [0.15, 0.2) is 36.4 Å². The Balaban J connectivity index is 1.46. The summed E-state index contributed by atoms with van der Waals surface area (Å²) in [5, 5.41) is 0.0794. The van der Waals surface area contributed by atoms with Crippen LogP contribution in [-0.2, 0) is 20.5 Å². The second kappa shape index (κ2) is 10.6. The molecule has 0 amide bonds. The summed E-state index contributed by atoms with van der Waals surface area (Å²) in [6.45, 7) is 3.51. The van der Waals surface area contributed by atoms with Gasteiger partial charge in [-0.2, -0.15) is 0 Å². The van der Waals surface area contributed by atoms with E-state index in [0.717, 1.165) is 11.8 Å². The van der Waals surface area contributed by atoms with E-state index in [1.54, 1.807) is 12.1 Å². The maximum atomic E-state index is 14.2. The first kappa shape index (κ1) is 24.4. The predicted molar refractivity (Wildman–Crippen MR) is 118 cm³/mol. The number of carbonyl (C=O) groups is 1. The molecule has 2 aromatic carbocycles. The van der Waals surface area contributed by atoms with E-state index in [-0.39, 0.29) is 22.7 Å². The summed E-state index contributed by atoms with van der Waals surface area (Å²) in [4.78, 5) is 15.6. The van der Waals surface area contributed by atoms with Gasteiger partial charge < -0.3 is 9.64 Å². The summed E-state index contributed by atoms with van der Waals surface area (Å²) in [5.41, 5.74) is 0.829. The van der Waals surface area contributed by atoms with Crippen LogP contribution in [0.2, 0.25) is 5.02 Å². The van der Waals surface area contributed by atoms with E-state index in [0.29, 0.717) is 32.7 Å². The number of ether oxygens (including phenoxy) is 1. The van der Waals surface area contributed by atoms with Crippen molar-refractivity contribution in [1.29, 1.82) is 0 Å². The molecule has 0 radical (unpaired) electrons. The first-order valence-corrected chi connectivity index (χ1v) is 12.0. The molecule has 174 valence electrons. The molecule has 3 rings (SSSR count). The molecule has 1 aliphatic rings. The van der Waals surface area contributed by atoms with Gasteiger partial charge in [0.15, 0.2) is 0 Å². The van der Waals surface area contributed by atoms with Crippen molar-refractivity contribution in [1.82, 2.24) is 9.62 Å². The molecule has 1 fully saturated rings. The van der Waals surface area contributed by atoms with E-state index in [1.807, 2.05) is 0 Å². The van der Waals surface area contributed by atoms with Crippen LogP contribution < -0.4 is 9.62 Å². The van der Waals surface area contributed by atoms with Crippen molar-refractivity contribution in [3.63, 3.8) is 0 Å². The Kier molecular flexibility index (Phi) is 8.05. The van der Waals surface area contributed by atoms with E-state index >= 15 is 0 Å². The number of benzene rings is 2. The van der Waals surface area contributed by atoms with Gasteiger partial charge in [0.25, 0.3) is 0 Å². The van der Waals surface area contributed by atoms with Crippen LogP contribution in [0.1, 0.15) is 15.9 Å². The normalized spacial score (nSPS) is 15.1. The third-order valence-electron chi connectivity index (χ3n) is 5.21. The highest BCUT2D eigenvalue weighted by Crippen LogP contribution is 2.23. The number of esters is 1. The van der Waals surface area contributed by atoms with Crippen LogP contribution in [0.5, 0.6) is 0 Å². The fourth-order valence-corrected chi connectivity index (χ4v) is 4.76. The van der Waals surface area contributed by atoms with Gasteiger partial charge in [0.05, 0.1) is 23.4 Å². The van der Waals surface area contributed by atoms with Crippen molar-refractivity contribution in [3.05, 3.63) is 64.2 Å². The molecule has 2 aromatic rings. The van der Waals surface area contributed by atoms with Crippen LogP contribution in [0.3, 0.4) is 0 Å². The highest BCUT2D eigenvalue weighted by Gasteiger charge is 2.20. The molecule has 1 aliphatic heterocycles. The lowest BCUT2D eigenvalue weighted by Crippen LogP contribution is -2.48. The van der Waals surface area contributed by atoms with E-state index in [9.17, 15) is 22.0 Å². The maximum absolute atomic E-state index is 14.2. The minimum absolute atomic E-state index is 0.0150. The molecule has 32 heavy (non-hydrogen) atoms. The number of piperazine rings is 1. The summed E-state index contributed by atoms with van der Waals surface area (Å²) in [7, 11) is -2.57. The fourth-order valence-electron chi connectivity index (χ4n) is 3.44. The topological polar surface area (TPSA) is 78.9 Å². The predicted octanol–water partition coefficient (Wildman–Crippen LogP) is 2.65. The van der Waals surface area contributed by atoms with Crippen molar-refractivity contribution < 1.29 is 26.7 Å². The molecule has 0 unspecified atom stereocenters. The van der Waals surface area contributed by atoms with Gasteiger partial charge in [-0.1, -0.05) is 17.7 Å². The molecular formula is C21H24ClF2N3O4S. The Morgan fingerprint density at radius 1 is 1.09 bits per heavy atom. The lowest BCUT2D eigenvalue weighted by molar-refractivity contribution is 0.0600. The van der Waals surface area contributed by atoms with Gasteiger partial charge in [-0.3, -0.25) is 4.90 Å². The zero-order chi connectivity index (χ0) is 23.3. The van der Waals surface area contributed by atoms with Crippen molar-refractivity contribution in [3.8, 4) is 0 Å². The van der Waals surface area contributed by atoms with Crippen LogP contribution in [0.4, 0.5) is 14.5 Å². The average Bonchev–Trinajstić information content (AvgIpc) is 2.77. The minimum atomic E-state index is -3.75. The summed E-state index contributed by atoms with van der Waals surface area (Å²) < 4.78 is 59.2. The van der Waals surface area contributed by atoms with Gasteiger partial charge in [-0.05, 0) is 30.3 Å². The van der Waals surface area contributed by atoms with Crippen LogP contribution >= 0.6 is 11.6 Å². The number of halogens is 3. The summed E-state index contributed by atoms with van der Waals surface area (Å²) in [6, 6.07) is 8.17. The summed E-state index contributed by atoms with van der Waals surface area (Å²) in [5.74, 6) is -2.46. The third-order valence-corrected chi connectivity index (χ3v) is 6.83. The lowest BCUT2D eigenvalue weighted by Gasteiger charge is -2.36. The standard InChI is InChI=1S/C21H24ClF2N3O4S/c1-31-21(28)15-2-3-16(20(24)12-15)14-32(29,30)25-6-7-26-8-10-27(11-9-26)17-4-5-19(23)18(22)13-17/h2-5,12-13,25H,6-11,14H2,1H3. The van der Waals surface area contributed by atoms with Crippen molar-refractivity contribution in [2.75, 3.05) is 51.3 Å². The fraction of sp³-hybridized carbons (Fsp3) is 0.381. The highest BCUT2D eigenvalue weighted by atomic mass is 35.5. The van der Waals surface area contributed by atoms with Gasteiger partial charge in [0, 0.05) is 50.5 Å². The number of hydrogen-bond acceptors (Lipinski definition) is 6. The summed E-state index contributed by atoms with van der Waals surface area (Å²) in [6.07, 6.45) is 0. The third kappa shape index (κ3) is 6.38. The number of nitrogens with one attached hydrogen (secondary N) is 1. The second-order valence-corrected chi connectivity index (χ2v) is 9.59. The first-order valence-electron chi connectivity index (χ1n) is 9.95. The Hall–Kier alpha value is -2.27. The van der Waals surface area contributed by atoms with Crippen molar-refractivity contribution >= 4 is 33.3 Å². The van der Waals surface area contributed by atoms with Gasteiger partial charge in [-0.25, -0.2) is 26.7 Å². The van der Waals surface area contributed by atoms with Gasteiger partial charge in [-0.15, -0.1) is 0 Å². The number of hydrogen-bond donors (Lipinski definition) is 1. The largest absolute Gasteiger partial charge is 0.465 e. The zero-order valence-corrected chi connectivity index (χ0v) is 19.1. The van der Waals surface area contributed by atoms with Crippen LogP contribution in [0, 0.1) is 11.6 Å². The maximum Gasteiger partial charge on any atom is 0.337 e. The number of carbonyl (C=O) groups excluding carboxylic acids is 1. The molecule has 7 nitrogen and oxygen atoms in total. The Morgan fingerprint density at radius 2 is 1.81 bits per heavy atom. The second-order valence-electron chi connectivity index (χ2n) is 7.38. The van der Waals surface area contributed by atoms with E-state index in [4.69, 9.17) is 11.6 Å². The quantitative estimate of drug-likeness (QED) is 0.577. The number of anilines is 1. The number of nitrogens with zero attached hydrogens (tertiary/aromatic N) is 2. The number of methoxy groups -OCH3 is 1. The van der Waals surface area contributed by atoms with Gasteiger partial charge in [0.2, 0.25) is 10.0 Å². The molecule has 1 heterocycles. The molecule has 0 atom stereocenters. The first-order chi connectivity index (χ1) is 15.2. The molecule has 0 spiro atoms. The van der Waals surface area contributed by atoms with Crippen molar-refractivity contribution in [2.24, 2.45) is 0 Å². The molecule has 1 saturated heterocycles. The Labute approximate surface area is 191 Å². The van der Waals surface area contributed by atoms with Crippen molar-refractivity contribution in [2.45, 2.75) is 5.75 Å². The molecule has 11 heteroatoms.